The van der Waals surface area contributed by atoms with Crippen molar-refractivity contribution < 1.29 is 24.1 Å². The Balaban J connectivity index is 1.49. The third kappa shape index (κ3) is 8.01. The number of benzene rings is 5. The Morgan fingerprint density at radius 1 is 0.696 bits per heavy atom. The molecule has 0 aliphatic rings. The molecule has 234 valence electrons. The van der Waals surface area contributed by atoms with Gasteiger partial charge in [0.1, 0.15) is 17.2 Å². The quantitative estimate of drug-likeness (QED) is 0.131. The highest BCUT2D eigenvalue weighted by atomic mass is 32.2. The Kier molecular flexibility index (Phi) is 10.8. The van der Waals surface area contributed by atoms with E-state index in [1.807, 2.05) is 43.3 Å². The number of hydrogen-bond acceptors (Lipinski definition) is 5. The van der Waals surface area contributed by atoms with Gasteiger partial charge in [0.2, 0.25) is 0 Å². The van der Waals surface area contributed by atoms with Gasteiger partial charge in [0.05, 0.1) is 14.2 Å². The molecule has 5 nitrogen and oxygen atoms in total. The van der Waals surface area contributed by atoms with Crippen LogP contribution in [0.5, 0.6) is 17.2 Å². The molecule has 6 heteroatoms. The van der Waals surface area contributed by atoms with E-state index in [9.17, 15) is 4.79 Å². The summed E-state index contributed by atoms with van der Waals surface area (Å²) in [5, 5.41) is 8.98. The van der Waals surface area contributed by atoms with Gasteiger partial charge >= 0.3 is 5.97 Å². The normalized spacial score (nSPS) is 10.7. The van der Waals surface area contributed by atoms with E-state index in [0.29, 0.717) is 5.75 Å². The van der Waals surface area contributed by atoms with E-state index < -0.39 is 5.97 Å². The van der Waals surface area contributed by atoms with E-state index in [-0.39, 0.29) is 6.61 Å². The highest BCUT2D eigenvalue weighted by molar-refractivity contribution is 7.99. The van der Waals surface area contributed by atoms with Gasteiger partial charge in [-0.1, -0.05) is 85.3 Å². The second-order valence-electron chi connectivity index (χ2n) is 10.8. The number of aliphatic carboxylic acids is 1. The lowest BCUT2D eigenvalue weighted by Gasteiger charge is -2.17. The molecule has 0 amide bonds. The van der Waals surface area contributed by atoms with Gasteiger partial charge in [-0.05, 0) is 100 Å². The number of rotatable bonds is 13. The predicted octanol–water partition coefficient (Wildman–Crippen LogP) is 9.81. The van der Waals surface area contributed by atoms with Crippen LogP contribution in [0, 0.1) is 6.92 Å². The zero-order valence-corrected chi connectivity index (χ0v) is 27.4. The zero-order valence-electron chi connectivity index (χ0n) is 26.6. The van der Waals surface area contributed by atoms with Crippen LogP contribution in [0.4, 0.5) is 0 Å². The molecule has 46 heavy (non-hydrogen) atoms. The summed E-state index contributed by atoms with van der Waals surface area (Å²) in [6.07, 6.45) is 0.885. The second-order valence-corrected chi connectivity index (χ2v) is 11.9. The number of carboxylic acids is 1. The molecule has 0 bridgehead atoms. The smallest absolute Gasteiger partial charge is 0.341 e. The average molecular weight is 631 g/mol. The first-order chi connectivity index (χ1) is 22.4. The highest BCUT2D eigenvalue weighted by Crippen LogP contribution is 2.36. The lowest BCUT2D eigenvalue weighted by atomic mass is 9.90. The molecule has 0 atom stereocenters. The molecule has 0 saturated carbocycles. The van der Waals surface area contributed by atoms with Crippen molar-refractivity contribution in [1.82, 2.24) is 0 Å². The summed E-state index contributed by atoms with van der Waals surface area (Å²) in [7, 11) is 3.37. The van der Waals surface area contributed by atoms with Crippen molar-refractivity contribution in [3.63, 3.8) is 0 Å². The van der Waals surface area contributed by atoms with Crippen molar-refractivity contribution in [2.45, 2.75) is 25.2 Å². The van der Waals surface area contributed by atoms with E-state index in [0.717, 1.165) is 67.5 Å². The van der Waals surface area contributed by atoms with Crippen LogP contribution in [0.15, 0.2) is 126 Å². The molecule has 0 fully saturated rings. The number of aryl methyl sites for hydroxylation is 1. The van der Waals surface area contributed by atoms with Crippen LogP contribution >= 0.6 is 11.8 Å². The third-order valence-corrected chi connectivity index (χ3v) is 8.92. The van der Waals surface area contributed by atoms with Crippen LogP contribution in [0.2, 0.25) is 0 Å². The SMILES string of the molecule is CCC(CSc1ccc(OCC(=O)O)c(C)c1)=C(c1ccc(-c2cccc(OC)c2)cc1)c1ccc(-c2cccc(OC)c2)cc1. The molecule has 5 aromatic carbocycles. The van der Waals surface area contributed by atoms with E-state index in [4.69, 9.17) is 19.3 Å². The standard InChI is InChI=1S/C40H38O5S/c1-5-28(26-46-37-20-21-38(27(2)22-37)45-25-39(41)42)40(31-16-12-29(13-17-31)33-8-6-10-35(23-33)43-3)32-18-14-30(15-19-32)34-9-7-11-36(24-34)44-4/h6-24H,5,25-26H2,1-4H3,(H,41,42). The van der Waals surface area contributed by atoms with Crippen molar-refractivity contribution in [2.24, 2.45) is 0 Å². The molecule has 0 aromatic heterocycles. The highest BCUT2D eigenvalue weighted by Gasteiger charge is 2.14. The van der Waals surface area contributed by atoms with Crippen molar-refractivity contribution in [3.8, 4) is 39.5 Å². The molecule has 1 N–H and O–H groups in total. The van der Waals surface area contributed by atoms with Gasteiger partial charge in [-0.15, -0.1) is 11.8 Å². The van der Waals surface area contributed by atoms with Gasteiger partial charge in [-0.2, -0.15) is 0 Å². The number of ether oxygens (including phenoxy) is 3. The maximum Gasteiger partial charge on any atom is 0.341 e. The predicted molar refractivity (Wildman–Crippen MR) is 188 cm³/mol. The molecular weight excluding hydrogens is 593 g/mol. The van der Waals surface area contributed by atoms with Gasteiger partial charge < -0.3 is 19.3 Å². The van der Waals surface area contributed by atoms with Crippen LogP contribution in [0.1, 0.15) is 30.0 Å². The van der Waals surface area contributed by atoms with Gasteiger partial charge in [0, 0.05) is 10.6 Å². The van der Waals surface area contributed by atoms with Crippen molar-refractivity contribution in [3.05, 3.63) is 138 Å². The molecule has 0 spiro atoms. The van der Waals surface area contributed by atoms with Crippen molar-refractivity contribution in [2.75, 3.05) is 26.6 Å². The number of hydrogen-bond donors (Lipinski definition) is 1. The Hall–Kier alpha value is -4.94. The van der Waals surface area contributed by atoms with E-state index in [2.05, 4.69) is 85.8 Å². The molecule has 0 unspecified atom stereocenters. The van der Waals surface area contributed by atoms with Crippen LogP contribution in [0.3, 0.4) is 0 Å². The molecule has 0 heterocycles. The monoisotopic (exact) mass is 630 g/mol. The summed E-state index contributed by atoms with van der Waals surface area (Å²) < 4.78 is 16.3. The maximum atomic E-state index is 10.9. The largest absolute Gasteiger partial charge is 0.497 e. The van der Waals surface area contributed by atoms with E-state index in [1.54, 1.807) is 26.0 Å². The third-order valence-electron chi connectivity index (χ3n) is 7.84. The van der Waals surface area contributed by atoms with E-state index in [1.165, 1.54) is 11.1 Å². The minimum absolute atomic E-state index is 0.355. The maximum absolute atomic E-state index is 10.9. The Labute approximate surface area is 275 Å². The average Bonchev–Trinajstić information content (AvgIpc) is 3.10. The summed E-state index contributed by atoms with van der Waals surface area (Å²) in [4.78, 5) is 12.1. The van der Waals surface area contributed by atoms with Gasteiger partial charge in [-0.25, -0.2) is 4.79 Å². The van der Waals surface area contributed by atoms with Gasteiger partial charge in [-0.3, -0.25) is 0 Å². The number of methoxy groups -OCH3 is 2. The Bertz CT molecular complexity index is 1730. The molecule has 0 radical (unpaired) electrons. The fourth-order valence-electron chi connectivity index (χ4n) is 5.37. The molecule has 0 aliphatic heterocycles. The molecule has 5 aromatic rings. The number of carboxylic acid groups (broad SMARTS) is 1. The van der Waals surface area contributed by atoms with Crippen molar-refractivity contribution in [1.29, 1.82) is 0 Å². The summed E-state index contributed by atoms with van der Waals surface area (Å²) in [5.74, 6) is 2.07. The van der Waals surface area contributed by atoms with Crippen LogP contribution in [-0.2, 0) is 4.79 Å². The topological polar surface area (TPSA) is 65.0 Å². The fourth-order valence-corrected chi connectivity index (χ4v) is 6.49. The van der Waals surface area contributed by atoms with E-state index >= 15 is 0 Å². The lowest BCUT2D eigenvalue weighted by molar-refractivity contribution is -0.139. The van der Waals surface area contributed by atoms with Gasteiger partial charge in [0.25, 0.3) is 0 Å². The molecule has 0 aliphatic carbocycles. The molecule has 0 saturated heterocycles. The second kappa shape index (κ2) is 15.4. The first-order valence-electron chi connectivity index (χ1n) is 15.2. The summed E-state index contributed by atoms with van der Waals surface area (Å²) in [5.41, 5.74) is 10.3. The first-order valence-corrected chi connectivity index (χ1v) is 16.2. The van der Waals surface area contributed by atoms with Crippen LogP contribution in [0.25, 0.3) is 27.8 Å². The minimum atomic E-state index is -0.990. The Morgan fingerprint density at radius 3 is 1.70 bits per heavy atom. The summed E-state index contributed by atoms with van der Waals surface area (Å²) >= 11 is 1.77. The number of carbonyl (C=O) groups is 1. The number of thioether (sulfide) groups is 1. The summed E-state index contributed by atoms with van der Waals surface area (Å²) in [6.45, 7) is 3.79. The summed E-state index contributed by atoms with van der Waals surface area (Å²) in [6, 6.07) is 39.7. The first kappa shape index (κ1) is 32.5. The van der Waals surface area contributed by atoms with Gasteiger partial charge in [0.15, 0.2) is 6.61 Å². The van der Waals surface area contributed by atoms with Crippen molar-refractivity contribution >= 4 is 23.3 Å². The molecule has 5 rings (SSSR count). The van der Waals surface area contributed by atoms with Crippen LogP contribution in [-0.4, -0.2) is 37.7 Å². The molecular formula is C40H38O5S. The van der Waals surface area contributed by atoms with Crippen LogP contribution < -0.4 is 14.2 Å². The fraction of sp³-hybridized carbons (Fsp3) is 0.175. The zero-order chi connectivity index (χ0) is 32.5. The lowest BCUT2D eigenvalue weighted by Crippen LogP contribution is -2.10. The minimum Gasteiger partial charge on any atom is -0.497 e. The Morgan fingerprint density at radius 2 is 1.24 bits per heavy atom.